The second-order valence-electron chi connectivity index (χ2n) is 5.43. The van der Waals surface area contributed by atoms with Crippen LogP contribution in [0.25, 0.3) is 0 Å². The molecule has 0 saturated carbocycles. The van der Waals surface area contributed by atoms with Crippen molar-refractivity contribution in [3.63, 3.8) is 0 Å². The molecule has 4 nitrogen and oxygen atoms in total. The van der Waals surface area contributed by atoms with Crippen molar-refractivity contribution in [2.45, 2.75) is 46.2 Å². The van der Waals surface area contributed by atoms with Crippen LogP contribution in [0.4, 0.5) is 0 Å². The Morgan fingerprint density at radius 3 is 2.24 bits per heavy atom. The van der Waals surface area contributed by atoms with Gasteiger partial charge < -0.3 is 0 Å². The van der Waals surface area contributed by atoms with Crippen LogP contribution in [0.5, 0.6) is 0 Å². The van der Waals surface area contributed by atoms with Crippen LogP contribution in [0.1, 0.15) is 45.7 Å². The van der Waals surface area contributed by atoms with E-state index in [1.807, 2.05) is 52.0 Å². The van der Waals surface area contributed by atoms with E-state index in [0.717, 1.165) is 16.5 Å². The monoisotopic (exact) mass is 376 g/mol. The fourth-order valence-corrected chi connectivity index (χ4v) is 4.54. The van der Waals surface area contributed by atoms with Crippen LogP contribution in [-0.2, 0) is 10.2 Å². The fourth-order valence-electron chi connectivity index (χ4n) is 2.13. The van der Waals surface area contributed by atoms with Gasteiger partial charge in [0, 0.05) is 30.1 Å². The van der Waals surface area contributed by atoms with Crippen molar-refractivity contribution >= 4 is 26.1 Å². The predicted octanol–water partition coefficient (Wildman–Crippen LogP) is 3.81. The summed E-state index contributed by atoms with van der Waals surface area (Å²) >= 11 is 3.51. The molecule has 1 rings (SSSR count). The first kappa shape index (κ1) is 18.6. The van der Waals surface area contributed by atoms with Crippen molar-refractivity contribution in [3.8, 4) is 0 Å². The highest BCUT2D eigenvalue weighted by Gasteiger charge is 2.32. The fraction of sp³-hybridized carbons (Fsp3) is 0.600. The van der Waals surface area contributed by atoms with Crippen molar-refractivity contribution in [2.24, 2.45) is 0 Å². The van der Waals surface area contributed by atoms with Crippen LogP contribution in [0.15, 0.2) is 28.7 Å². The highest BCUT2D eigenvalue weighted by Crippen LogP contribution is 2.30. The topological polar surface area (TPSA) is 40.6 Å². The number of halogens is 1. The van der Waals surface area contributed by atoms with Crippen molar-refractivity contribution in [1.29, 1.82) is 0 Å². The molecule has 0 spiro atoms. The molecule has 0 N–H and O–H groups in total. The summed E-state index contributed by atoms with van der Waals surface area (Å²) in [5.74, 6) is 0. The average Bonchev–Trinajstić information content (AvgIpc) is 2.43. The maximum Gasteiger partial charge on any atom is 0.282 e. The molecular weight excluding hydrogens is 352 g/mol. The van der Waals surface area contributed by atoms with Gasteiger partial charge in [0.15, 0.2) is 0 Å². The molecule has 0 amide bonds. The van der Waals surface area contributed by atoms with Gasteiger partial charge in [0.05, 0.1) is 0 Å². The molecular formula is C15H25BrN2O2S. The van der Waals surface area contributed by atoms with Gasteiger partial charge in [-0.3, -0.25) is 0 Å². The van der Waals surface area contributed by atoms with Gasteiger partial charge in [-0.1, -0.05) is 41.1 Å². The van der Waals surface area contributed by atoms with Crippen LogP contribution in [0, 0.1) is 0 Å². The Morgan fingerprint density at radius 2 is 1.76 bits per heavy atom. The summed E-state index contributed by atoms with van der Waals surface area (Å²) < 4.78 is 29.6. The normalized spacial score (nSPS) is 14.1. The Morgan fingerprint density at radius 1 is 1.19 bits per heavy atom. The van der Waals surface area contributed by atoms with Gasteiger partial charge in [-0.25, -0.2) is 0 Å². The molecule has 0 aliphatic rings. The number of hydrogen-bond donors (Lipinski definition) is 0. The van der Waals surface area contributed by atoms with E-state index in [-0.39, 0.29) is 12.1 Å². The Bertz CT molecular complexity index is 561. The van der Waals surface area contributed by atoms with Crippen LogP contribution in [0.2, 0.25) is 0 Å². The molecule has 0 bridgehead atoms. The minimum Gasteiger partial charge on any atom is -0.195 e. The predicted molar refractivity (Wildman–Crippen MR) is 91.4 cm³/mol. The third kappa shape index (κ3) is 4.28. The summed E-state index contributed by atoms with van der Waals surface area (Å²) in [5.41, 5.74) is 0.978. The number of rotatable bonds is 7. The number of nitrogens with zero attached hydrogens (tertiary/aromatic N) is 2. The maximum atomic E-state index is 12.8. The second kappa shape index (κ2) is 7.72. The summed E-state index contributed by atoms with van der Waals surface area (Å²) in [6, 6.07) is 7.47. The largest absolute Gasteiger partial charge is 0.282 e. The van der Waals surface area contributed by atoms with E-state index in [9.17, 15) is 8.42 Å². The third-order valence-electron chi connectivity index (χ3n) is 3.62. The van der Waals surface area contributed by atoms with Crippen LogP contribution in [0.3, 0.4) is 0 Å². The maximum absolute atomic E-state index is 12.8. The lowest BCUT2D eigenvalue weighted by Crippen LogP contribution is -2.46. The molecule has 0 fully saturated rings. The van der Waals surface area contributed by atoms with Gasteiger partial charge >= 0.3 is 0 Å². The van der Waals surface area contributed by atoms with Gasteiger partial charge in [0.2, 0.25) is 0 Å². The molecule has 1 aromatic rings. The summed E-state index contributed by atoms with van der Waals surface area (Å²) in [6.45, 7) is 8.18. The van der Waals surface area contributed by atoms with E-state index in [4.69, 9.17) is 0 Å². The van der Waals surface area contributed by atoms with Gasteiger partial charge in [0.1, 0.15) is 0 Å². The molecule has 21 heavy (non-hydrogen) atoms. The van der Waals surface area contributed by atoms with E-state index in [1.54, 1.807) is 11.4 Å². The molecule has 0 radical (unpaired) electrons. The molecule has 0 heterocycles. The molecule has 0 aliphatic heterocycles. The van der Waals surface area contributed by atoms with E-state index in [1.165, 1.54) is 4.31 Å². The zero-order chi connectivity index (χ0) is 16.2. The SMILES string of the molecule is CCCN(C(C)c1ccccc1Br)S(=O)(=O)N(C)C(C)C. The highest BCUT2D eigenvalue weighted by atomic mass is 79.9. The van der Waals surface area contributed by atoms with Gasteiger partial charge in [0.25, 0.3) is 10.2 Å². The minimum absolute atomic E-state index is 0.0687. The molecule has 6 heteroatoms. The minimum atomic E-state index is -3.48. The molecule has 120 valence electrons. The van der Waals surface area contributed by atoms with E-state index < -0.39 is 10.2 Å². The Labute approximate surface area is 137 Å². The van der Waals surface area contributed by atoms with Gasteiger partial charge in [-0.15, -0.1) is 0 Å². The van der Waals surface area contributed by atoms with Gasteiger partial charge in [-0.05, 0) is 38.8 Å². The van der Waals surface area contributed by atoms with E-state index >= 15 is 0 Å². The zero-order valence-corrected chi connectivity index (χ0v) is 15.8. The average molecular weight is 377 g/mol. The lowest BCUT2D eigenvalue weighted by molar-refractivity contribution is 0.294. The summed E-state index contributed by atoms with van der Waals surface area (Å²) in [4.78, 5) is 0. The molecule has 0 aliphatic carbocycles. The van der Waals surface area contributed by atoms with Crippen LogP contribution < -0.4 is 0 Å². The second-order valence-corrected chi connectivity index (χ2v) is 8.22. The van der Waals surface area contributed by atoms with Gasteiger partial charge in [-0.2, -0.15) is 17.0 Å². The molecule has 1 atom stereocenters. The standard InChI is InChI=1S/C15H25BrN2O2S/c1-6-11-18(21(19,20)17(5)12(2)3)13(4)14-9-7-8-10-15(14)16/h7-10,12-13H,6,11H2,1-5H3. The number of benzene rings is 1. The van der Waals surface area contributed by atoms with Crippen molar-refractivity contribution < 1.29 is 8.42 Å². The molecule has 1 unspecified atom stereocenters. The molecule has 1 aromatic carbocycles. The van der Waals surface area contributed by atoms with E-state index in [2.05, 4.69) is 15.9 Å². The smallest absolute Gasteiger partial charge is 0.195 e. The zero-order valence-electron chi connectivity index (χ0n) is 13.4. The summed E-state index contributed by atoms with van der Waals surface area (Å²) in [7, 11) is -1.85. The van der Waals surface area contributed by atoms with Crippen LogP contribution >= 0.6 is 15.9 Å². The summed E-state index contributed by atoms with van der Waals surface area (Å²) in [6.07, 6.45) is 0.778. The first-order valence-electron chi connectivity index (χ1n) is 7.22. The van der Waals surface area contributed by atoms with Crippen molar-refractivity contribution in [3.05, 3.63) is 34.3 Å². The number of hydrogen-bond acceptors (Lipinski definition) is 2. The van der Waals surface area contributed by atoms with Crippen molar-refractivity contribution in [2.75, 3.05) is 13.6 Å². The van der Waals surface area contributed by atoms with E-state index in [0.29, 0.717) is 6.54 Å². The lowest BCUT2D eigenvalue weighted by atomic mass is 10.1. The third-order valence-corrected chi connectivity index (χ3v) is 6.58. The van der Waals surface area contributed by atoms with Crippen molar-refractivity contribution in [1.82, 2.24) is 8.61 Å². The highest BCUT2D eigenvalue weighted by molar-refractivity contribution is 9.10. The molecule has 0 aromatic heterocycles. The first-order valence-corrected chi connectivity index (χ1v) is 9.41. The Balaban J connectivity index is 3.21. The molecule has 0 saturated heterocycles. The summed E-state index contributed by atoms with van der Waals surface area (Å²) in [5, 5.41) is 0. The first-order chi connectivity index (χ1) is 9.73. The van der Waals surface area contributed by atoms with Crippen LogP contribution in [-0.4, -0.2) is 36.7 Å². The quantitative estimate of drug-likeness (QED) is 0.725. The Kier molecular flexibility index (Phi) is 6.84. The Hall–Kier alpha value is -0.430. The lowest BCUT2D eigenvalue weighted by Gasteiger charge is -2.34.